The topological polar surface area (TPSA) is 98.0 Å². The van der Waals surface area contributed by atoms with Crippen molar-refractivity contribution in [1.29, 1.82) is 0 Å². The van der Waals surface area contributed by atoms with Crippen LogP contribution in [-0.4, -0.2) is 27.8 Å². The third-order valence-electron chi connectivity index (χ3n) is 2.69. The molecule has 1 N–H and O–H groups in total. The monoisotopic (exact) mass is 326 g/mol. The van der Waals surface area contributed by atoms with Crippen molar-refractivity contribution in [3.05, 3.63) is 50.5 Å². The molecule has 1 amide bonds. The van der Waals surface area contributed by atoms with Crippen molar-refractivity contribution in [2.45, 2.75) is 0 Å². The Morgan fingerprint density at radius 1 is 1.33 bits per heavy atom. The zero-order valence-corrected chi connectivity index (χ0v) is 12.1. The normalized spacial score (nSPS) is 10.2. The minimum absolute atomic E-state index is 0.0350. The molecule has 0 aliphatic heterocycles. The lowest BCUT2D eigenvalue weighted by Crippen LogP contribution is -2.19. The molecule has 0 saturated carbocycles. The molecular weight excluding hydrogens is 319 g/mol. The molecule has 0 spiro atoms. The Kier molecular flexibility index (Phi) is 4.35. The molecule has 0 fully saturated rings. The van der Waals surface area contributed by atoms with E-state index in [0.717, 1.165) is 0 Å². The van der Waals surface area contributed by atoms with Gasteiger partial charge in [-0.25, -0.2) is 9.97 Å². The molecule has 0 aliphatic carbocycles. The number of aromatic nitrogens is 2. The second-order valence-electron chi connectivity index (χ2n) is 3.88. The van der Waals surface area contributed by atoms with Gasteiger partial charge in [-0.05, 0) is 23.7 Å². The van der Waals surface area contributed by atoms with Gasteiger partial charge in [0.2, 0.25) is 5.28 Å². The van der Waals surface area contributed by atoms with Crippen LogP contribution in [0.2, 0.25) is 10.4 Å². The molecule has 7 nitrogen and oxygen atoms in total. The first kappa shape index (κ1) is 15.1. The van der Waals surface area contributed by atoms with E-state index < -0.39 is 10.8 Å². The molecule has 0 atom stereocenters. The van der Waals surface area contributed by atoms with Crippen LogP contribution in [0.15, 0.2) is 24.4 Å². The molecule has 108 valence electrons. The summed E-state index contributed by atoms with van der Waals surface area (Å²) in [5.74, 6) is -0.574. The number of carbonyl (C=O) groups is 1. The Morgan fingerprint density at radius 3 is 2.62 bits per heavy atom. The highest BCUT2D eigenvalue weighted by molar-refractivity contribution is 6.33. The van der Waals surface area contributed by atoms with E-state index >= 15 is 0 Å². The quantitative estimate of drug-likeness (QED) is 0.404. The molecule has 2 aromatic rings. The zero-order valence-electron chi connectivity index (χ0n) is 10.6. The van der Waals surface area contributed by atoms with Gasteiger partial charge in [0.25, 0.3) is 11.6 Å². The number of benzene rings is 1. The number of nitrogens with zero attached hydrogens (tertiary/aromatic N) is 3. The summed E-state index contributed by atoms with van der Waals surface area (Å²) in [5, 5.41) is 13.6. The summed E-state index contributed by atoms with van der Waals surface area (Å²) in [4.78, 5) is 29.9. The third kappa shape index (κ3) is 2.93. The molecule has 21 heavy (non-hydrogen) atoms. The second-order valence-corrected chi connectivity index (χ2v) is 4.58. The van der Waals surface area contributed by atoms with Crippen LogP contribution in [-0.2, 0) is 0 Å². The Hall–Kier alpha value is -2.25. The standard InChI is InChI=1S/C12H8Cl2N4O3/c1-15-11(19)7-4-2-3-6(9(7)18(20)21)8-5-16-12(14)17-10(8)13/h2-5H,1H3,(H,15,19). The van der Waals surface area contributed by atoms with E-state index in [1.54, 1.807) is 0 Å². The average Bonchev–Trinajstić information content (AvgIpc) is 2.45. The van der Waals surface area contributed by atoms with Gasteiger partial charge >= 0.3 is 0 Å². The summed E-state index contributed by atoms with van der Waals surface area (Å²) in [5.41, 5.74) is -0.0861. The number of hydrogen-bond donors (Lipinski definition) is 1. The van der Waals surface area contributed by atoms with Gasteiger partial charge in [0.15, 0.2) is 0 Å². The number of nitro groups is 1. The van der Waals surface area contributed by atoms with Crippen molar-refractivity contribution < 1.29 is 9.72 Å². The highest BCUT2D eigenvalue weighted by Crippen LogP contribution is 2.36. The number of halogens is 2. The van der Waals surface area contributed by atoms with Crippen molar-refractivity contribution >= 4 is 34.8 Å². The van der Waals surface area contributed by atoms with Gasteiger partial charge in [0.05, 0.1) is 10.5 Å². The predicted octanol–water partition coefficient (Wildman–Crippen LogP) is 2.72. The van der Waals surface area contributed by atoms with Gasteiger partial charge in [-0.2, -0.15) is 0 Å². The number of nitro benzene ring substituents is 1. The molecule has 2 rings (SSSR count). The minimum atomic E-state index is -0.648. The number of rotatable bonds is 3. The first-order valence-electron chi connectivity index (χ1n) is 5.63. The lowest BCUT2D eigenvalue weighted by Gasteiger charge is -2.08. The molecule has 1 aromatic heterocycles. The number of hydrogen-bond acceptors (Lipinski definition) is 5. The summed E-state index contributed by atoms with van der Waals surface area (Å²) in [6.07, 6.45) is 1.27. The minimum Gasteiger partial charge on any atom is -0.355 e. The molecule has 1 aromatic carbocycles. The van der Waals surface area contributed by atoms with Crippen LogP contribution in [0.1, 0.15) is 10.4 Å². The molecule has 0 aliphatic rings. The van der Waals surface area contributed by atoms with Crippen LogP contribution in [0, 0.1) is 10.1 Å². The molecule has 0 bridgehead atoms. The molecule has 0 radical (unpaired) electrons. The first-order chi connectivity index (χ1) is 9.95. The fourth-order valence-corrected chi connectivity index (χ4v) is 2.20. The van der Waals surface area contributed by atoms with Crippen LogP contribution in [0.4, 0.5) is 5.69 Å². The molecular formula is C12H8Cl2N4O3. The van der Waals surface area contributed by atoms with E-state index in [9.17, 15) is 14.9 Å². The van der Waals surface area contributed by atoms with Gasteiger partial charge in [-0.15, -0.1) is 0 Å². The highest BCUT2D eigenvalue weighted by Gasteiger charge is 2.26. The van der Waals surface area contributed by atoms with Crippen molar-refractivity contribution in [2.24, 2.45) is 0 Å². The first-order valence-corrected chi connectivity index (χ1v) is 6.39. The Morgan fingerprint density at radius 2 is 2.05 bits per heavy atom. The Balaban J connectivity index is 2.74. The summed E-state index contributed by atoms with van der Waals surface area (Å²) in [7, 11) is 1.39. The molecule has 1 heterocycles. The Bertz CT molecular complexity index is 736. The van der Waals surface area contributed by atoms with Gasteiger partial charge in [-0.1, -0.05) is 17.7 Å². The third-order valence-corrected chi connectivity index (χ3v) is 3.16. The van der Waals surface area contributed by atoms with E-state index in [0.29, 0.717) is 0 Å². The van der Waals surface area contributed by atoms with E-state index in [-0.39, 0.29) is 32.8 Å². The van der Waals surface area contributed by atoms with Gasteiger partial charge in [-0.3, -0.25) is 14.9 Å². The van der Waals surface area contributed by atoms with Crippen LogP contribution < -0.4 is 5.32 Å². The average molecular weight is 327 g/mol. The van der Waals surface area contributed by atoms with E-state index in [1.165, 1.54) is 31.4 Å². The summed E-state index contributed by atoms with van der Waals surface area (Å²) >= 11 is 11.6. The molecule has 0 unspecified atom stereocenters. The number of nitrogens with one attached hydrogen (secondary N) is 1. The zero-order chi connectivity index (χ0) is 15.6. The van der Waals surface area contributed by atoms with Gasteiger partial charge < -0.3 is 5.32 Å². The maximum absolute atomic E-state index is 11.8. The van der Waals surface area contributed by atoms with Crippen molar-refractivity contribution in [2.75, 3.05) is 7.05 Å². The SMILES string of the molecule is CNC(=O)c1cccc(-c2cnc(Cl)nc2Cl)c1[N+](=O)[O-]. The summed E-state index contributed by atoms with van der Waals surface area (Å²) < 4.78 is 0. The fraction of sp³-hybridized carbons (Fsp3) is 0.0833. The van der Waals surface area contributed by atoms with Crippen LogP contribution in [0.25, 0.3) is 11.1 Å². The van der Waals surface area contributed by atoms with Crippen molar-refractivity contribution in [3.8, 4) is 11.1 Å². The fourth-order valence-electron chi connectivity index (χ4n) is 1.80. The maximum Gasteiger partial charge on any atom is 0.290 e. The molecule has 9 heteroatoms. The lowest BCUT2D eigenvalue weighted by molar-refractivity contribution is -0.384. The number of para-hydroxylation sites is 1. The number of amides is 1. The van der Waals surface area contributed by atoms with Crippen LogP contribution in [0.5, 0.6) is 0 Å². The van der Waals surface area contributed by atoms with Gasteiger partial charge in [0.1, 0.15) is 10.7 Å². The van der Waals surface area contributed by atoms with Gasteiger partial charge in [0, 0.05) is 18.8 Å². The van der Waals surface area contributed by atoms with Crippen LogP contribution in [0.3, 0.4) is 0 Å². The van der Waals surface area contributed by atoms with E-state index in [1.807, 2.05) is 0 Å². The van der Waals surface area contributed by atoms with Crippen molar-refractivity contribution in [1.82, 2.24) is 15.3 Å². The summed E-state index contributed by atoms with van der Waals surface area (Å²) in [6.45, 7) is 0. The predicted molar refractivity (Wildman–Crippen MR) is 77.5 cm³/mol. The van der Waals surface area contributed by atoms with Crippen molar-refractivity contribution in [3.63, 3.8) is 0 Å². The molecule has 0 saturated heterocycles. The smallest absolute Gasteiger partial charge is 0.290 e. The highest BCUT2D eigenvalue weighted by atomic mass is 35.5. The maximum atomic E-state index is 11.8. The summed E-state index contributed by atoms with van der Waals surface area (Å²) in [6, 6.07) is 4.33. The number of carbonyl (C=O) groups excluding carboxylic acids is 1. The second kappa shape index (κ2) is 6.02. The van der Waals surface area contributed by atoms with Crippen LogP contribution >= 0.6 is 23.2 Å². The lowest BCUT2D eigenvalue weighted by atomic mass is 10.0. The van der Waals surface area contributed by atoms with E-state index in [2.05, 4.69) is 15.3 Å². The van der Waals surface area contributed by atoms with E-state index in [4.69, 9.17) is 23.2 Å². The Labute approximate surface area is 129 Å². The largest absolute Gasteiger partial charge is 0.355 e.